The van der Waals surface area contributed by atoms with Crippen LogP contribution in [0.1, 0.15) is 40.0 Å². The summed E-state index contributed by atoms with van der Waals surface area (Å²) >= 11 is 0. The molecule has 0 aromatic rings. The molecular weight excluding hydrogens is 140 g/mol. The molecule has 11 heavy (non-hydrogen) atoms. The Morgan fingerprint density at radius 3 is 2.18 bits per heavy atom. The van der Waals surface area contributed by atoms with E-state index in [9.17, 15) is 5.11 Å². The van der Waals surface area contributed by atoms with E-state index in [2.05, 4.69) is 0 Å². The molecule has 0 bridgehead atoms. The molecule has 0 N–H and O–H groups in total. The van der Waals surface area contributed by atoms with Crippen molar-refractivity contribution in [2.45, 2.75) is 45.6 Å². The molecule has 0 saturated carbocycles. The zero-order valence-corrected chi connectivity index (χ0v) is 7.85. The average Bonchev–Trinajstić information content (AvgIpc) is 1.85. The smallest absolute Gasteiger partial charge is 0.0822 e. The van der Waals surface area contributed by atoms with Crippen molar-refractivity contribution < 1.29 is 9.84 Å². The normalized spacial score (nSPS) is 12.0. The second-order valence-electron chi connectivity index (χ2n) is 3.73. The van der Waals surface area contributed by atoms with Crippen LogP contribution < -0.4 is 0 Å². The highest BCUT2D eigenvalue weighted by atomic mass is 16.5. The predicted octanol–water partition coefficient (Wildman–Crippen LogP) is 2.40. The topological polar surface area (TPSA) is 29.1 Å². The lowest BCUT2D eigenvalue weighted by Crippen LogP contribution is -2.19. The van der Waals surface area contributed by atoms with E-state index in [1.807, 2.05) is 20.8 Å². The van der Waals surface area contributed by atoms with Gasteiger partial charge in [-0.3, -0.25) is 0 Å². The zero-order chi connectivity index (χ0) is 8.74. The van der Waals surface area contributed by atoms with Crippen LogP contribution in [-0.4, -0.2) is 18.8 Å². The summed E-state index contributed by atoms with van der Waals surface area (Å²) in [6.45, 7) is 6.96. The van der Waals surface area contributed by atoms with Gasteiger partial charge in [0.05, 0.1) is 12.2 Å². The molecule has 67 valence electrons. The van der Waals surface area contributed by atoms with Crippen molar-refractivity contribution in [3.8, 4) is 0 Å². The molecule has 0 saturated heterocycles. The first-order valence-corrected chi connectivity index (χ1v) is 4.28. The van der Waals surface area contributed by atoms with Gasteiger partial charge in [-0.25, -0.2) is 5.11 Å². The van der Waals surface area contributed by atoms with Crippen LogP contribution in [-0.2, 0) is 9.84 Å². The van der Waals surface area contributed by atoms with Gasteiger partial charge in [-0.2, -0.15) is 0 Å². The van der Waals surface area contributed by atoms with Gasteiger partial charge in [0.2, 0.25) is 0 Å². The van der Waals surface area contributed by atoms with E-state index in [0.717, 1.165) is 25.9 Å². The minimum Gasteiger partial charge on any atom is -0.376 e. The van der Waals surface area contributed by atoms with Gasteiger partial charge in [0.15, 0.2) is 0 Å². The molecule has 2 nitrogen and oxygen atoms in total. The summed E-state index contributed by atoms with van der Waals surface area (Å²) in [5.74, 6) is 0. The highest BCUT2D eigenvalue weighted by Crippen LogP contribution is 2.07. The van der Waals surface area contributed by atoms with Crippen LogP contribution >= 0.6 is 0 Å². The molecule has 0 atom stereocenters. The van der Waals surface area contributed by atoms with Gasteiger partial charge in [0.25, 0.3) is 0 Å². The molecule has 0 amide bonds. The molecule has 0 heterocycles. The molecule has 0 aliphatic heterocycles. The molecule has 1 radical (unpaired) electrons. The van der Waals surface area contributed by atoms with Crippen LogP contribution in [0.3, 0.4) is 0 Å². The first-order valence-electron chi connectivity index (χ1n) is 4.28. The maximum absolute atomic E-state index is 10.0. The Hall–Kier alpha value is -0.0800. The Morgan fingerprint density at radius 2 is 1.73 bits per heavy atom. The third-order valence-corrected chi connectivity index (χ3v) is 1.32. The average molecular weight is 159 g/mol. The number of hydrogen-bond acceptors (Lipinski definition) is 1. The Labute approximate surface area is 69.6 Å². The van der Waals surface area contributed by atoms with Crippen LogP contribution in [0.5, 0.6) is 0 Å². The van der Waals surface area contributed by atoms with Crippen LogP contribution in [0, 0.1) is 0 Å². The van der Waals surface area contributed by atoms with Crippen molar-refractivity contribution in [2.75, 3.05) is 13.2 Å². The maximum atomic E-state index is 10.0. The van der Waals surface area contributed by atoms with E-state index in [-0.39, 0.29) is 12.2 Å². The van der Waals surface area contributed by atoms with Gasteiger partial charge in [-0.1, -0.05) is 0 Å². The molecule has 0 fully saturated rings. The highest BCUT2D eigenvalue weighted by molar-refractivity contribution is 4.58. The van der Waals surface area contributed by atoms with Gasteiger partial charge in [0, 0.05) is 6.61 Å². The Balaban J connectivity index is 3.02. The van der Waals surface area contributed by atoms with E-state index in [4.69, 9.17) is 4.74 Å². The van der Waals surface area contributed by atoms with Crippen molar-refractivity contribution in [3.63, 3.8) is 0 Å². The molecule has 2 heteroatoms. The first kappa shape index (κ1) is 10.9. The molecule has 0 aromatic carbocycles. The highest BCUT2D eigenvalue weighted by Gasteiger charge is 2.08. The zero-order valence-electron chi connectivity index (χ0n) is 7.85. The van der Waals surface area contributed by atoms with Crippen molar-refractivity contribution in [1.29, 1.82) is 0 Å². The maximum Gasteiger partial charge on any atom is 0.0822 e. The van der Waals surface area contributed by atoms with E-state index in [0.29, 0.717) is 0 Å². The molecule has 0 aliphatic rings. The molecule has 0 rings (SSSR count). The predicted molar refractivity (Wildman–Crippen MR) is 45.1 cm³/mol. The molecule has 0 aliphatic carbocycles. The quantitative estimate of drug-likeness (QED) is 0.566. The van der Waals surface area contributed by atoms with Crippen LogP contribution in [0.15, 0.2) is 0 Å². The number of ether oxygens (including phenoxy) is 1. The fourth-order valence-corrected chi connectivity index (χ4v) is 0.759. The van der Waals surface area contributed by atoms with Gasteiger partial charge in [-0.05, 0) is 40.0 Å². The van der Waals surface area contributed by atoms with Crippen LogP contribution in [0.25, 0.3) is 0 Å². The third-order valence-electron chi connectivity index (χ3n) is 1.32. The fourth-order valence-electron chi connectivity index (χ4n) is 0.759. The Bertz CT molecular complexity index is 84.1. The summed E-state index contributed by atoms with van der Waals surface area (Å²) in [7, 11) is 0. The number of hydrogen-bond donors (Lipinski definition) is 0. The lowest BCUT2D eigenvalue weighted by molar-refractivity contribution is -0.00520. The Morgan fingerprint density at radius 1 is 1.09 bits per heavy atom. The van der Waals surface area contributed by atoms with E-state index < -0.39 is 0 Å². The van der Waals surface area contributed by atoms with Crippen LogP contribution in [0.2, 0.25) is 0 Å². The van der Waals surface area contributed by atoms with Crippen molar-refractivity contribution in [2.24, 2.45) is 0 Å². The van der Waals surface area contributed by atoms with E-state index >= 15 is 0 Å². The first-order chi connectivity index (χ1) is 5.06. The largest absolute Gasteiger partial charge is 0.376 e. The van der Waals surface area contributed by atoms with Crippen LogP contribution in [0.4, 0.5) is 0 Å². The summed E-state index contributed by atoms with van der Waals surface area (Å²) in [4.78, 5) is 0. The lowest BCUT2D eigenvalue weighted by atomic mass is 10.2. The van der Waals surface area contributed by atoms with Crippen molar-refractivity contribution in [1.82, 2.24) is 0 Å². The van der Waals surface area contributed by atoms with Gasteiger partial charge < -0.3 is 4.74 Å². The van der Waals surface area contributed by atoms with Gasteiger partial charge in [0.1, 0.15) is 0 Å². The monoisotopic (exact) mass is 159 g/mol. The standard InChI is InChI=1S/C9H19O2/c1-9(2,3)11-8-6-4-5-7-10/h4-8H2,1-3H3. The summed E-state index contributed by atoms with van der Waals surface area (Å²) < 4.78 is 5.47. The van der Waals surface area contributed by atoms with Gasteiger partial charge >= 0.3 is 0 Å². The molecule has 0 aromatic heterocycles. The number of rotatable bonds is 5. The summed E-state index contributed by atoms with van der Waals surface area (Å²) in [5, 5.41) is 10.0. The lowest BCUT2D eigenvalue weighted by Gasteiger charge is -2.19. The summed E-state index contributed by atoms with van der Waals surface area (Å²) in [5.41, 5.74) is -0.0303. The third kappa shape index (κ3) is 9.92. The molecular formula is C9H19O2. The number of unbranched alkanes of at least 4 members (excludes halogenated alkanes) is 2. The second-order valence-corrected chi connectivity index (χ2v) is 3.73. The Kier molecular flexibility index (Phi) is 5.51. The minimum atomic E-state index is -0.0303. The summed E-state index contributed by atoms with van der Waals surface area (Å²) in [6.07, 6.45) is 2.80. The molecule has 0 unspecified atom stereocenters. The summed E-state index contributed by atoms with van der Waals surface area (Å²) in [6, 6.07) is 0. The SMILES string of the molecule is CC(C)(C)OCCCCC[O]. The molecule has 0 spiro atoms. The van der Waals surface area contributed by atoms with Crippen molar-refractivity contribution in [3.05, 3.63) is 0 Å². The fraction of sp³-hybridized carbons (Fsp3) is 1.00. The van der Waals surface area contributed by atoms with Crippen molar-refractivity contribution >= 4 is 0 Å². The van der Waals surface area contributed by atoms with Gasteiger partial charge in [-0.15, -0.1) is 0 Å². The second kappa shape index (κ2) is 5.56. The van der Waals surface area contributed by atoms with E-state index in [1.54, 1.807) is 0 Å². The van der Waals surface area contributed by atoms with E-state index in [1.165, 1.54) is 0 Å². The minimum absolute atomic E-state index is 0.0303.